The van der Waals surface area contributed by atoms with Gasteiger partial charge in [-0.1, -0.05) is 11.6 Å². The first-order valence-electron chi connectivity index (χ1n) is 5.89. The first kappa shape index (κ1) is 16.0. The summed E-state index contributed by atoms with van der Waals surface area (Å²) >= 11 is 5.85. The van der Waals surface area contributed by atoms with Crippen molar-refractivity contribution in [2.75, 3.05) is 0 Å². The van der Waals surface area contributed by atoms with Crippen LogP contribution in [0.25, 0.3) is 0 Å². The molecule has 108 valence electrons. The third kappa shape index (κ3) is 4.55. The summed E-state index contributed by atoms with van der Waals surface area (Å²) in [4.78, 5) is 33.6. The Morgan fingerprint density at radius 3 is 2.55 bits per heavy atom. The van der Waals surface area contributed by atoms with E-state index in [2.05, 4.69) is 5.32 Å². The molecule has 0 aliphatic carbocycles. The minimum Gasteiger partial charge on any atom is -0.480 e. The van der Waals surface area contributed by atoms with Gasteiger partial charge in [-0.15, -0.1) is 0 Å². The van der Waals surface area contributed by atoms with E-state index in [1.165, 1.54) is 6.07 Å². The molecule has 2 amide bonds. The van der Waals surface area contributed by atoms with Gasteiger partial charge in [-0.25, -0.2) is 4.79 Å². The topological polar surface area (TPSA) is 109 Å². The number of nitrogens with two attached hydrogens (primary N) is 1. The maximum Gasteiger partial charge on any atom is 0.326 e. The van der Waals surface area contributed by atoms with Crippen molar-refractivity contribution in [1.29, 1.82) is 0 Å². The fourth-order valence-corrected chi connectivity index (χ4v) is 1.69. The number of hydrogen-bond acceptors (Lipinski definition) is 3. The van der Waals surface area contributed by atoms with Gasteiger partial charge in [-0.2, -0.15) is 0 Å². The second-order valence-corrected chi connectivity index (χ2v) is 4.74. The number of primary amides is 1. The lowest BCUT2D eigenvalue weighted by atomic mass is 10.1. The Labute approximate surface area is 120 Å². The van der Waals surface area contributed by atoms with Crippen molar-refractivity contribution in [3.8, 4) is 0 Å². The molecule has 1 aromatic carbocycles. The summed E-state index contributed by atoms with van der Waals surface area (Å²) in [7, 11) is 0. The second-order valence-electron chi connectivity index (χ2n) is 4.33. The Hall–Kier alpha value is -2.08. The van der Waals surface area contributed by atoms with Crippen LogP contribution in [-0.2, 0) is 9.59 Å². The highest BCUT2D eigenvalue weighted by Crippen LogP contribution is 2.16. The summed E-state index contributed by atoms with van der Waals surface area (Å²) in [6, 6.07) is 3.46. The van der Waals surface area contributed by atoms with Gasteiger partial charge in [0.05, 0.1) is 0 Å². The molecule has 0 heterocycles. The first-order chi connectivity index (χ1) is 9.31. The van der Waals surface area contributed by atoms with E-state index < -0.39 is 23.8 Å². The van der Waals surface area contributed by atoms with Crippen LogP contribution in [0.3, 0.4) is 0 Å². The van der Waals surface area contributed by atoms with E-state index in [0.29, 0.717) is 16.1 Å². The quantitative estimate of drug-likeness (QED) is 0.730. The fraction of sp³-hybridized carbons (Fsp3) is 0.308. The average Bonchev–Trinajstić information content (AvgIpc) is 2.36. The number of carbonyl (C=O) groups excluding carboxylic acids is 2. The standard InChI is InChI=1S/C13H15ClN2O4/c1-7-6-8(2-3-9(7)14)12(18)16-10(13(19)20)4-5-11(15)17/h2-3,6,10H,4-5H2,1H3,(H2,15,17)(H,16,18)(H,19,20). The van der Waals surface area contributed by atoms with Crippen molar-refractivity contribution >= 4 is 29.4 Å². The van der Waals surface area contributed by atoms with Gasteiger partial charge in [0.15, 0.2) is 0 Å². The van der Waals surface area contributed by atoms with E-state index >= 15 is 0 Å². The normalized spacial score (nSPS) is 11.7. The number of carboxylic acid groups (broad SMARTS) is 1. The Kier molecular flexibility index (Phi) is 5.52. The lowest BCUT2D eigenvalue weighted by Crippen LogP contribution is -2.41. The molecule has 6 nitrogen and oxygen atoms in total. The van der Waals surface area contributed by atoms with Gasteiger partial charge >= 0.3 is 5.97 Å². The number of amides is 2. The summed E-state index contributed by atoms with van der Waals surface area (Å²) in [5, 5.41) is 11.9. The van der Waals surface area contributed by atoms with Crippen LogP contribution in [0.15, 0.2) is 18.2 Å². The van der Waals surface area contributed by atoms with Crippen LogP contribution in [0, 0.1) is 6.92 Å². The molecule has 1 rings (SSSR count). The van der Waals surface area contributed by atoms with Gasteiger partial charge in [0.2, 0.25) is 5.91 Å². The van der Waals surface area contributed by atoms with Gasteiger partial charge < -0.3 is 16.2 Å². The average molecular weight is 299 g/mol. The number of aryl methyl sites for hydroxylation is 1. The lowest BCUT2D eigenvalue weighted by molar-refractivity contribution is -0.139. The van der Waals surface area contributed by atoms with Crippen molar-refractivity contribution in [3.05, 3.63) is 34.3 Å². The number of nitrogens with one attached hydrogen (secondary N) is 1. The first-order valence-corrected chi connectivity index (χ1v) is 6.27. The predicted molar refractivity (Wildman–Crippen MR) is 73.5 cm³/mol. The van der Waals surface area contributed by atoms with Gasteiger partial charge in [-0.3, -0.25) is 9.59 Å². The zero-order valence-corrected chi connectivity index (χ0v) is 11.6. The van der Waals surface area contributed by atoms with Gasteiger partial charge in [0.25, 0.3) is 5.91 Å². The molecular weight excluding hydrogens is 284 g/mol. The summed E-state index contributed by atoms with van der Waals surface area (Å²) < 4.78 is 0. The van der Waals surface area contributed by atoms with E-state index in [4.69, 9.17) is 22.4 Å². The molecule has 0 spiro atoms. The summed E-state index contributed by atoms with van der Waals surface area (Å²) in [5.74, 6) is -2.38. The minimum absolute atomic E-state index is 0.0526. The van der Waals surface area contributed by atoms with Crippen molar-refractivity contribution in [1.82, 2.24) is 5.32 Å². The van der Waals surface area contributed by atoms with Gasteiger partial charge in [-0.05, 0) is 37.1 Å². The molecule has 1 atom stereocenters. The molecule has 0 bridgehead atoms. The highest BCUT2D eigenvalue weighted by molar-refractivity contribution is 6.31. The number of carbonyl (C=O) groups is 3. The highest BCUT2D eigenvalue weighted by atomic mass is 35.5. The van der Waals surface area contributed by atoms with Crippen LogP contribution in [0.2, 0.25) is 5.02 Å². The smallest absolute Gasteiger partial charge is 0.326 e. The second kappa shape index (κ2) is 6.91. The molecule has 0 fully saturated rings. The zero-order valence-electron chi connectivity index (χ0n) is 10.9. The third-order valence-corrected chi connectivity index (χ3v) is 3.13. The maximum atomic E-state index is 11.9. The van der Waals surface area contributed by atoms with Crippen LogP contribution in [0.4, 0.5) is 0 Å². The van der Waals surface area contributed by atoms with Crippen molar-refractivity contribution in [2.24, 2.45) is 5.73 Å². The molecule has 0 aromatic heterocycles. The van der Waals surface area contributed by atoms with Gasteiger partial charge in [0, 0.05) is 17.0 Å². The highest BCUT2D eigenvalue weighted by Gasteiger charge is 2.21. The molecule has 0 aliphatic rings. The Bertz CT molecular complexity index is 545. The lowest BCUT2D eigenvalue weighted by Gasteiger charge is -2.14. The van der Waals surface area contributed by atoms with Crippen molar-refractivity contribution in [3.63, 3.8) is 0 Å². The summed E-state index contributed by atoms with van der Waals surface area (Å²) in [6.07, 6.45) is -0.167. The Balaban J connectivity index is 2.77. The SMILES string of the molecule is Cc1cc(C(=O)NC(CCC(N)=O)C(=O)O)ccc1Cl. The Morgan fingerprint density at radius 1 is 1.40 bits per heavy atom. The predicted octanol–water partition coefficient (Wildman–Crippen LogP) is 1.10. The van der Waals surface area contributed by atoms with Crippen LogP contribution < -0.4 is 11.1 Å². The number of hydrogen-bond donors (Lipinski definition) is 3. The molecule has 1 aromatic rings. The van der Waals surface area contributed by atoms with E-state index in [0.717, 1.165) is 0 Å². The molecule has 0 saturated carbocycles. The zero-order chi connectivity index (χ0) is 15.3. The number of carboxylic acids is 1. The molecular formula is C13H15ClN2O4. The van der Waals surface area contributed by atoms with Crippen molar-refractivity contribution in [2.45, 2.75) is 25.8 Å². The molecule has 0 aliphatic heterocycles. The van der Waals surface area contributed by atoms with Crippen LogP contribution in [0.1, 0.15) is 28.8 Å². The molecule has 20 heavy (non-hydrogen) atoms. The summed E-state index contributed by atoms with van der Waals surface area (Å²) in [5.41, 5.74) is 5.97. The number of rotatable bonds is 6. The van der Waals surface area contributed by atoms with Gasteiger partial charge in [0.1, 0.15) is 6.04 Å². The van der Waals surface area contributed by atoms with E-state index in [9.17, 15) is 14.4 Å². The minimum atomic E-state index is -1.22. The van der Waals surface area contributed by atoms with E-state index in [-0.39, 0.29) is 12.8 Å². The maximum absolute atomic E-state index is 11.9. The largest absolute Gasteiger partial charge is 0.480 e. The third-order valence-electron chi connectivity index (χ3n) is 2.70. The molecule has 4 N–H and O–H groups in total. The molecule has 0 saturated heterocycles. The molecule has 7 heteroatoms. The number of halogens is 1. The fourth-order valence-electron chi connectivity index (χ4n) is 1.57. The Morgan fingerprint density at radius 2 is 2.05 bits per heavy atom. The number of benzene rings is 1. The van der Waals surface area contributed by atoms with E-state index in [1.54, 1.807) is 19.1 Å². The monoisotopic (exact) mass is 298 g/mol. The van der Waals surface area contributed by atoms with Crippen molar-refractivity contribution < 1.29 is 19.5 Å². The van der Waals surface area contributed by atoms with Crippen LogP contribution >= 0.6 is 11.6 Å². The number of aliphatic carboxylic acids is 1. The van der Waals surface area contributed by atoms with Crippen LogP contribution in [0.5, 0.6) is 0 Å². The summed E-state index contributed by atoms with van der Waals surface area (Å²) in [6.45, 7) is 1.74. The van der Waals surface area contributed by atoms with Crippen LogP contribution in [-0.4, -0.2) is 28.9 Å². The molecule has 0 radical (unpaired) electrons. The molecule has 1 unspecified atom stereocenters. The van der Waals surface area contributed by atoms with E-state index in [1.807, 2.05) is 0 Å².